The molecule has 4 heteroatoms. The first-order valence-electron chi connectivity index (χ1n) is 5.45. The molecule has 2 fully saturated rings. The smallest absolute Gasteiger partial charge is 0.232 e. The number of carbonyl (C=O) groups excluding carboxylic acids is 1. The van der Waals surface area contributed by atoms with Crippen LogP contribution in [-0.2, 0) is 4.79 Å². The molecule has 0 radical (unpaired) electrons. The van der Waals surface area contributed by atoms with Crippen molar-refractivity contribution in [2.45, 2.75) is 25.3 Å². The van der Waals surface area contributed by atoms with Crippen molar-refractivity contribution in [3.8, 4) is 0 Å². The Balaban J connectivity index is 1.70. The molecule has 1 N–H and O–H groups in total. The van der Waals surface area contributed by atoms with Crippen molar-refractivity contribution < 1.29 is 4.79 Å². The predicted octanol–water partition coefficient (Wildman–Crippen LogP) is 0.704. The third-order valence-corrected chi connectivity index (χ3v) is 3.92. The number of hydrogen-bond donors (Lipinski definition) is 1. The van der Waals surface area contributed by atoms with Crippen molar-refractivity contribution in [2.75, 3.05) is 31.1 Å². The van der Waals surface area contributed by atoms with Crippen LogP contribution in [0.4, 0.5) is 0 Å². The fourth-order valence-corrected chi connectivity index (χ4v) is 2.95. The molecule has 0 aromatic rings. The van der Waals surface area contributed by atoms with Gasteiger partial charge in [-0.1, -0.05) is 0 Å². The Labute approximate surface area is 89.6 Å². The van der Waals surface area contributed by atoms with Crippen molar-refractivity contribution in [1.29, 1.82) is 0 Å². The van der Waals surface area contributed by atoms with Gasteiger partial charge < -0.3 is 10.2 Å². The lowest BCUT2D eigenvalue weighted by molar-refractivity contribution is -0.128. The summed E-state index contributed by atoms with van der Waals surface area (Å²) in [7, 11) is 0. The molecule has 0 aliphatic carbocycles. The molecule has 2 rings (SSSR count). The molecule has 2 aliphatic rings. The van der Waals surface area contributed by atoms with E-state index in [0.717, 1.165) is 31.8 Å². The minimum Gasteiger partial charge on any atom is -0.341 e. The first-order valence-corrected chi connectivity index (χ1v) is 6.60. The van der Waals surface area contributed by atoms with Crippen LogP contribution in [0.2, 0.25) is 0 Å². The molecule has 14 heavy (non-hydrogen) atoms. The Kier molecular flexibility index (Phi) is 3.70. The quantitative estimate of drug-likeness (QED) is 0.751. The molecule has 3 nitrogen and oxygen atoms in total. The van der Waals surface area contributed by atoms with Gasteiger partial charge in [-0.25, -0.2) is 0 Å². The third-order valence-electron chi connectivity index (χ3n) is 2.99. The minimum absolute atomic E-state index is 0.333. The van der Waals surface area contributed by atoms with Gasteiger partial charge in [-0.3, -0.25) is 4.79 Å². The van der Waals surface area contributed by atoms with E-state index in [0.29, 0.717) is 17.7 Å². The van der Waals surface area contributed by atoms with E-state index < -0.39 is 0 Å². The Morgan fingerprint density at radius 1 is 1.57 bits per heavy atom. The summed E-state index contributed by atoms with van der Waals surface area (Å²) in [6, 6.07) is 0.664. The first-order chi connectivity index (χ1) is 6.86. The summed E-state index contributed by atoms with van der Waals surface area (Å²) < 4.78 is 0. The van der Waals surface area contributed by atoms with Crippen molar-refractivity contribution in [2.24, 2.45) is 0 Å². The SMILES string of the molecule is O=C1CSCCN1CCC1CCCN1. The molecular formula is C10H18N2OS. The molecule has 2 aliphatic heterocycles. The second-order valence-corrected chi connectivity index (χ2v) is 5.12. The third kappa shape index (κ3) is 2.64. The maximum absolute atomic E-state index is 11.5. The number of carbonyl (C=O) groups is 1. The summed E-state index contributed by atoms with van der Waals surface area (Å²) >= 11 is 1.76. The van der Waals surface area contributed by atoms with Crippen LogP contribution in [-0.4, -0.2) is 48.0 Å². The van der Waals surface area contributed by atoms with Gasteiger partial charge in [0.05, 0.1) is 5.75 Å². The molecule has 80 valence electrons. The number of amides is 1. The normalized spacial score (nSPS) is 28.4. The fraction of sp³-hybridized carbons (Fsp3) is 0.900. The molecule has 1 unspecified atom stereocenters. The number of rotatable bonds is 3. The van der Waals surface area contributed by atoms with E-state index in [1.807, 2.05) is 4.90 Å². The zero-order valence-corrected chi connectivity index (χ0v) is 9.31. The zero-order valence-electron chi connectivity index (χ0n) is 8.50. The van der Waals surface area contributed by atoms with Crippen molar-refractivity contribution in [1.82, 2.24) is 10.2 Å². The Morgan fingerprint density at radius 3 is 3.21 bits per heavy atom. The minimum atomic E-state index is 0.333. The van der Waals surface area contributed by atoms with Crippen molar-refractivity contribution in [3.05, 3.63) is 0 Å². The van der Waals surface area contributed by atoms with Crippen molar-refractivity contribution >= 4 is 17.7 Å². The maximum Gasteiger partial charge on any atom is 0.232 e. The van der Waals surface area contributed by atoms with E-state index in [4.69, 9.17) is 0 Å². The van der Waals surface area contributed by atoms with Crippen LogP contribution in [0.25, 0.3) is 0 Å². The van der Waals surface area contributed by atoms with Gasteiger partial charge in [-0.05, 0) is 25.8 Å². The van der Waals surface area contributed by atoms with Gasteiger partial charge in [-0.2, -0.15) is 11.8 Å². The molecule has 0 aromatic carbocycles. The Morgan fingerprint density at radius 2 is 2.50 bits per heavy atom. The van der Waals surface area contributed by atoms with Crippen LogP contribution in [0.1, 0.15) is 19.3 Å². The van der Waals surface area contributed by atoms with Crippen molar-refractivity contribution in [3.63, 3.8) is 0 Å². The summed E-state index contributed by atoms with van der Waals surface area (Å²) in [5.41, 5.74) is 0. The molecule has 1 amide bonds. The van der Waals surface area contributed by atoms with Gasteiger partial charge in [0.25, 0.3) is 0 Å². The molecule has 0 bridgehead atoms. The van der Waals surface area contributed by atoms with Gasteiger partial charge >= 0.3 is 0 Å². The van der Waals surface area contributed by atoms with Gasteiger partial charge in [0, 0.05) is 24.9 Å². The highest BCUT2D eigenvalue weighted by Gasteiger charge is 2.20. The summed E-state index contributed by atoms with van der Waals surface area (Å²) in [5, 5.41) is 3.47. The van der Waals surface area contributed by atoms with Crippen LogP contribution in [0.3, 0.4) is 0 Å². The van der Waals surface area contributed by atoms with Crippen LogP contribution in [0, 0.1) is 0 Å². The number of thioether (sulfide) groups is 1. The number of nitrogens with zero attached hydrogens (tertiary/aromatic N) is 1. The molecule has 1 atom stereocenters. The Hall–Kier alpha value is -0.220. The van der Waals surface area contributed by atoms with Crippen LogP contribution in [0.5, 0.6) is 0 Å². The van der Waals surface area contributed by atoms with E-state index in [-0.39, 0.29) is 0 Å². The highest BCUT2D eigenvalue weighted by molar-refractivity contribution is 8.00. The summed E-state index contributed by atoms with van der Waals surface area (Å²) in [6.45, 7) is 3.07. The standard InChI is InChI=1S/C10H18N2OS/c13-10-8-14-7-6-12(10)5-3-9-2-1-4-11-9/h9,11H,1-8H2. The van der Waals surface area contributed by atoms with E-state index >= 15 is 0 Å². The second kappa shape index (κ2) is 5.03. The van der Waals surface area contributed by atoms with E-state index in [1.54, 1.807) is 11.8 Å². The van der Waals surface area contributed by atoms with Gasteiger partial charge in [-0.15, -0.1) is 0 Å². The lowest BCUT2D eigenvalue weighted by Gasteiger charge is -2.27. The molecule has 2 saturated heterocycles. The largest absolute Gasteiger partial charge is 0.341 e. The molecule has 0 aromatic heterocycles. The monoisotopic (exact) mass is 214 g/mol. The fourth-order valence-electron chi connectivity index (χ4n) is 2.10. The van der Waals surface area contributed by atoms with Crippen LogP contribution >= 0.6 is 11.8 Å². The zero-order chi connectivity index (χ0) is 9.80. The lowest BCUT2D eigenvalue weighted by atomic mass is 10.1. The lowest BCUT2D eigenvalue weighted by Crippen LogP contribution is -2.40. The number of hydrogen-bond acceptors (Lipinski definition) is 3. The summed E-state index contributed by atoms with van der Waals surface area (Å²) in [5.74, 6) is 2.14. The topological polar surface area (TPSA) is 32.3 Å². The highest BCUT2D eigenvalue weighted by atomic mass is 32.2. The second-order valence-electron chi connectivity index (χ2n) is 4.02. The van der Waals surface area contributed by atoms with Gasteiger partial charge in [0.2, 0.25) is 5.91 Å². The highest BCUT2D eigenvalue weighted by Crippen LogP contribution is 2.14. The van der Waals surface area contributed by atoms with E-state index in [9.17, 15) is 4.79 Å². The average molecular weight is 214 g/mol. The van der Waals surface area contributed by atoms with Gasteiger partial charge in [0.1, 0.15) is 0 Å². The van der Waals surface area contributed by atoms with Crippen LogP contribution < -0.4 is 5.32 Å². The summed E-state index contributed by atoms with van der Waals surface area (Å²) in [6.07, 6.45) is 3.72. The average Bonchev–Trinajstić information content (AvgIpc) is 2.69. The van der Waals surface area contributed by atoms with Gasteiger partial charge in [0.15, 0.2) is 0 Å². The molecule has 0 saturated carbocycles. The molecule has 0 spiro atoms. The van der Waals surface area contributed by atoms with E-state index in [1.165, 1.54) is 12.8 Å². The maximum atomic E-state index is 11.5. The number of nitrogens with one attached hydrogen (secondary N) is 1. The summed E-state index contributed by atoms with van der Waals surface area (Å²) in [4.78, 5) is 13.5. The van der Waals surface area contributed by atoms with Crippen LogP contribution in [0.15, 0.2) is 0 Å². The Bertz CT molecular complexity index is 204. The van der Waals surface area contributed by atoms with E-state index in [2.05, 4.69) is 5.32 Å². The molecule has 2 heterocycles. The predicted molar refractivity (Wildman–Crippen MR) is 59.5 cm³/mol. The molecular weight excluding hydrogens is 196 g/mol. The first kappa shape index (κ1) is 10.3.